The third-order valence-electron chi connectivity index (χ3n) is 3.42. The number of aliphatic imine (C=N–C) groups is 1. The summed E-state index contributed by atoms with van der Waals surface area (Å²) in [4.78, 5) is 16.2. The van der Waals surface area contributed by atoms with E-state index < -0.39 is 10.0 Å². The van der Waals surface area contributed by atoms with Crippen molar-refractivity contribution in [3.63, 3.8) is 0 Å². The van der Waals surface area contributed by atoms with Crippen molar-refractivity contribution in [3.8, 4) is 0 Å². The summed E-state index contributed by atoms with van der Waals surface area (Å²) in [7, 11) is -3.59. The van der Waals surface area contributed by atoms with Crippen molar-refractivity contribution in [2.45, 2.75) is 11.4 Å². The van der Waals surface area contributed by atoms with Crippen molar-refractivity contribution in [2.24, 2.45) is 4.99 Å². The zero-order valence-corrected chi connectivity index (χ0v) is 14.1. The van der Waals surface area contributed by atoms with E-state index in [9.17, 15) is 13.2 Å². The van der Waals surface area contributed by atoms with Gasteiger partial charge in [-0.25, -0.2) is 8.42 Å². The highest BCUT2D eigenvalue weighted by atomic mass is 35.5. The molecule has 2 N–H and O–H groups in total. The third kappa shape index (κ3) is 3.58. The molecule has 0 saturated carbocycles. The van der Waals surface area contributed by atoms with Gasteiger partial charge in [0.25, 0.3) is 10.0 Å². The number of amidine groups is 1. The molecule has 6 nitrogen and oxygen atoms in total. The molecule has 24 heavy (non-hydrogen) atoms. The molecule has 1 aliphatic heterocycles. The Bertz CT molecular complexity index is 926. The molecule has 0 saturated heterocycles. The minimum atomic E-state index is -3.59. The van der Waals surface area contributed by atoms with Crippen molar-refractivity contribution in [2.75, 3.05) is 6.54 Å². The SMILES string of the molecule is O=C(CN=C1NS(=O)(=O)c2ccccc21)NCc1cccc(Cl)c1. The van der Waals surface area contributed by atoms with Gasteiger partial charge in [-0.2, -0.15) is 0 Å². The second-order valence-corrected chi connectivity index (χ2v) is 7.26. The average molecular weight is 364 g/mol. The fraction of sp³-hybridized carbons (Fsp3) is 0.125. The number of nitrogens with one attached hydrogen (secondary N) is 2. The first-order valence-corrected chi connectivity index (χ1v) is 9.00. The maximum absolute atomic E-state index is 11.9. The maximum atomic E-state index is 11.9. The first kappa shape index (κ1) is 16.5. The Morgan fingerprint density at radius 3 is 2.75 bits per heavy atom. The molecule has 2 aromatic rings. The number of benzene rings is 2. The van der Waals surface area contributed by atoms with E-state index in [0.717, 1.165) is 5.56 Å². The molecule has 0 unspecified atom stereocenters. The van der Waals surface area contributed by atoms with Gasteiger partial charge in [0.15, 0.2) is 0 Å². The molecule has 1 heterocycles. The van der Waals surface area contributed by atoms with Gasteiger partial charge in [0.1, 0.15) is 12.4 Å². The van der Waals surface area contributed by atoms with Crippen LogP contribution in [-0.4, -0.2) is 26.7 Å². The molecule has 3 rings (SSSR count). The van der Waals surface area contributed by atoms with Crippen LogP contribution in [0.2, 0.25) is 5.02 Å². The van der Waals surface area contributed by atoms with E-state index in [0.29, 0.717) is 17.1 Å². The van der Waals surface area contributed by atoms with Crippen LogP contribution in [0, 0.1) is 0 Å². The summed E-state index contributed by atoms with van der Waals surface area (Å²) in [6.07, 6.45) is 0. The van der Waals surface area contributed by atoms with Gasteiger partial charge in [0.05, 0.1) is 4.90 Å². The van der Waals surface area contributed by atoms with Crippen LogP contribution in [0.4, 0.5) is 0 Å². The molecule has 124 valence electrons. The smallest absolute Gasteiger partial charge is 0.263 e. The minimum Gasteiger partial charge on any atom is -0.350 e. The molecular weight excluding hydrogens is 350 g/mol. The van der Waals surface area contributed by atoms with Crippen LogP contribution in [0.25, 0.3) is 0 Å². The van der Waals surface area contributed by atoms with Crippen LogP contribution in [0.5, 0.6) is 0 Å². The lowest BCUT2D eigenvalue weighted by Gasteiger charge is -2.04. The van der Waals surface area contributed by atoms with Crippen LogP contribution in [0.15, 0.2) is 58.4 Å². The predicted octanol–water partition coefficient (Wildman–Crippen LogP) is 1.69. The first-order valence-electron chi connectivity index (χ1n) is 7.13. The summed E-state index contributed by atoms with van der Waals surface area (Å²) in [5.41, 5.74) is 1.34. The largest absolute Gasteiger partial charge is 0.350 e. The molecule has 0 radical (unpaired) electrons. The number of hydrogen-bond donors (Lipinski definition) is 2. The molecule has 1 aliphatic rings. The molecule has 0 spiro atoms. The van der Waals surface area contributed by atoms with Crippen molar-refractivity contribution in [1.82, 2.24) is 10.0 Å². The summed E-state index contributed by atoms with van der Waals surface area (Å²) >= 11 is 5.88. The van der Waals surface area contributed by atoms with E-state index in [1.165, 1.54) is 6.07 Å². The zero-order valence-electron chi connectivity index (χ0n) is 12.5. The normalized spacial score (nSPS) is 16.5. The van der Waals surface area contributed by atoms with Crippen LogP contribution in [0.3, 0.4) is 0 Å². The Balaban J connectivity index is 1.65. The third-order valence-corrected chi connectivity index (χ3v) is 5.05. The molecule has 0 aromatic heterocycles. The lowest BCUT2D eigenvalue weighted by atomic mass is 10.2. The lowest BCUT2D eigenvalue weighted by Crippen LogP contribution is -2.28. The number of carbonyl (C=O) groups is 1. The van der Waals surface area contributed by atoms with Crippen LogP contribution < -0.4 is 10.0 Å². The molecule has 0 aliphatic carbocycles. The maximum Gasteiger partial charge on any atom is 0.263 e. The Morgan fingerprint density at radius 2 is 1.96 bits per heavy atom. The molecule has 0 bridgehead atoms. The highest BCUT2D eigenvalue weighted by Gasteiger charge is 2.30. The van der Waals surface area contributed by atoms with Gasteiger partial charge in [-0.05, 0) is 29.8 Å². The van der Waals surface area contributed by atoms with Gasteiger partial charge in [-0.1, -0.05) is 35.9 Å². The van der Waals surface area contributed by atoms with E-state index in [-0.39, 0.29) is 23.2 Å². The van der Waals surface area contributed by atoms with Gasteiger partial charge < -0.3 is 5.32 Å². The Hall–Kier alpha value is -2.38. The summed E-state index contributed by atoms with van der Waals surface area (Å²) in [5, 5.41) is 3.31. The van der Waals surface area contributed by atoms with Crippen molar-refractivity contribution >= 4 is 33.4 Å². The van der Waals surface area contributed by atoms with E-state index in [1.807, 2.05) is 6.07 Å². The van der Waals surface area contributed by atoms with Crippen molar-refractivity contribution in [3.05, 3.63) is 64.7 Å². The van der Waals surface area contributed by atoms with Gasteiger partial charge in [0.2, 0.25) is 5.91 Å². The molecular formula is C16H14ClN3O3S. The molecule has 0 atom stereocenters. The number of carbonyl (C=O) groups excluding carboxylic acids is 1. The van der Waals surface area contributed by atoms with E-state index in [2.05, 4.69) is 15.0 Å². The second kappa shape index (κ2) is 6.62. The summed E-state index contributed by atoms with van der Waals surface area (Å²) < 4.78 is 26.2. The number of amides is 1. The zero-order chi connectivity index (χ0) is 17.2. The summed E-state index contributed by atoms with van der Waals surface area (Å²) in [5.74, 6) is -0.130. The number of fused-ring (bicyclic) bond motifs is 1. The quantitative estimate of drug-likeness (QED) is 0.866. The Kier molecular flexibility index (Phi) is 4.55. The predicted molar refractivity (Wildman–Crippen MR) is 91.5 cm³/mol. The Morgan fingerprint density at radius 1 is 1.17 bits per heavy atom. The van der Waals surface area contributed by atoms with Crippen LogP contribution in [0.1, 0.15) is 11.1 Å². The van der Waals surface area contributed by atoms with Crippen molar-refractivity contribution < 1.29 is 13.2 Å². The number of sulfonamides is 1. The number of hydrogen-bond acceptors (Lipinski definition) is 4. The highest BCUT2D eigenvalue weighted by molar-refractivity contribution is 7.90. The summed E-state index contributed by atoms with van der Waals surface area (Å²) in [6.45, 7) is 0.152. The molecule has 2 aromatic carbocycles. The fourth-order valence-electron chi connectivity index (χ4n) is 2.31. The summed E-state index contributed by atoms with van der Waals surface area (Å²) in [6, 6.07) is 13.7. The van der Waals surface area contributed by atoms with E-state index in [4.69, 9.17) is 11.6 Å². The second-order valence-electron chi connectivity index (χ2n) is 5.17. The number of rotatable bonds is 4. The van der Waals surface area contributed by atoms with E-state index in [1.54, 1.807) is 36.4 Å². The molecule has 1 amide bonds. The number of halogens is 1. The van der Waals surface area contributed by atoms with Crippen LogP contribution >= 0.6 is 11.6 Å². The molecule has 0 fully saturated rings. The highest BCUT2D eigenvalue weighted by Crippen LogP contribution is 2.21. The monoisotopic (exact) mass is 363 g/mol. The van der Waals surface area contributed by atoms with Gasteiger partial charge in [-0.15, -0.1) is 0 Å². The lowest BCUT2D eigenvalue weighted by molar-refractivity contribution is -0.119. The van der Waals surface area contributed by atoms with Gasteiger partial charge in [0, 0.05) is 17.1 Å². The number of nitrogens with zero attached hydrogens (tertiary/aromatic N) is 1. The molecule has 8 heteroatoms. The van der Waals surface area contributed by atoms with E-state index >= 15 is 0 Å². The van der Waals surface area contributed by atoms with Gasteiger partial charge in [-0.3, -0.25) is 14.5 Å². The van der Waals surface area contributed by atoms with Gasteiger partial charge >= 0.3 is 0 Å². The van der Waals surface area contributed by atoms with Crippen LogP contribution in [-0.2, 0) is 21.4 Å². The topological polar surface area (TPSA) is 87.6 Å². The average Bonchev–Trinajstić information content (AvgIpc) is 2.82. The minimum absolute atomic E-state index is 0.170. The van der Waals surface area contributed by atoms with Crippen molar-refractivity contribution in [1.29, 1.82) is 0 Å². The first-order chi connectivity index (χ1) is 11.5. The fourth-order valence-corrected chi connectivity index (χ4v) is 3.77. The Labute approximate surface area is 144 Å². The standard InChI is InChI=1S/C16H14ClN3O3S/c17-12-5-3-4-11(8-12)9-18-15(21)10-19-16-13-6-1-2-7-14(13)24(22,23)20-16/h1-8H,9-10H2,(H,18,21)(H,19,20).